The van der Waals surface area contributed by atoms with Gasteiger partial charge in [0.2, 0.25) is 0 Å². The van der Waals surface area contributed by atoms with Gasteiger partial charge in [0.1, 0.15) is 0 Å². The fourth-order valence-electron chi connectivity index (χ4n) is 2.39. The molecule has 0 atom stereocenters. The average molecular weight is 284 g/mol. The second-order valence-corrected chi connectivity index (χ2v) is 6.12. The first-order valence-electron chi connectivity index (χ1n) is 6.95. The number of allylic oxidation sites excluding steroid dienone is 1. The molecule has 5 heteroatoms. The van der Waals surface area contributed by atoms with Gasteiger partial charge in [0.15, 0.2) is 0 Å². The molecule has 0 spiro atoms. The van der Waals surface area contributed by atoms with Gasteiger partial charge in [0.05, 0.1) is 5.76 Å². The van der Waals surface area contributed by atoms with E-state index in [1.54, 1.807) is 0 Å². The molecule has 0 unspecified atom stereocenters. The van der Waals surface area contributed by atoms with Crippen LogP contribution in [0.5, 0.6) is 0 Å². The second kappa shape index (κ2) is 6.77. The van der Waals surface area contributed by atoms with E-state index in [1.807, 2.05) is 0 Å². The van der Waals surface area contributed by atoms with Crippen molar-refractivity contribution < 1.29 is 24.2 Å². The van der Waals surface area contributed by atoms with E-state index >= 15 is 0 Å². The highest BCUT2D eigenvalue weighted by Gasteiger charge is 2.29. The molecule has 0 radical (unpaired) electrons. The highest BCUT2D eigenvalue weighted by molar-refractivity contribution is 5.68. The van der Waals surface area contributed by atoms with E-state index in [0.717, 1.165) is 25.7 Å². The number of aliphatic hydroxyl groups excluding tert-OH is 1. The van der Waals surface area contributed by atoms with Crippen LogP contribution < -0.4 is 0 Å². The van der Waals surface area contributed by atoms with Crippen LogP contribution in [-0.2, 0) is 19.1 Å². The van der Waals surface area contributed by atoms with Gasteiger partial charge in [-0.2, -0.15) is 0 Å². The normalized spacial score (nSPS) is 19.8. The zero-order valence-electron chi connectivity index (χ0n) is 12.6. The Morgan fingerprint density at radius 2 is 1.60 bits per heavy atom. The zero-order chi connectivity index (χ0) is 15.3. The van der Waals surface area contributed by atoms with Crippen molar-refractivity contribution in [3.63, 3.8) is 0 Å². The second-order valence-electron chi connectivity index (χ2n) is 6.12. The minimum absolute atomic E-state index is 0.0386. The third kappa shape index (κ3) is 5.63. The van der Waals surface area contributed by atoms with Crippen molar-refractivity contribution in [3.8, 4) is 0 Å². The van der Waals surface area contributed by atoms with Gasteiger partial charge in [0, 0.05) is 25.8 Å². The van der Waals surface area contributed by atoms with Crippen molar-refractivity contribution in [1.82, 2.24) is 0 Å². The van der Waals surface area contributed by atoms with Crippen molar-refractivity contribution in [1.29, 1.82) is 0 Å². The summed E-state index contributed by atoms with van der Waals surface area (Å²) >= 11 is 0. The van der Waals surface area contributed by atoms with Crippen LogP contribution in [0.25, 0.3) is 0 Å². The van der Waals surface area contributed by atoms with E-state index in [2.05, 4.69) is 13.8 Å². The van der Waals surface area contributed by atoms with Crippen molar-refractivity contribution in [2.45, 2.75) is 59.7 Å². The first kappa shape index (κ1) is 16.5. The number of hydrogen-bond acceptors (Lipinski definition) is 5. The predicted molar refractivity (Wildman–Crippen MR) is 73.8 cm³/mol. The van der Waals surface area contributed by atoms with Crippen molar-refractivity contribution in [2.75, 3.05) is 0 Å². The smallest absolute Gasteiger partial charge is 0.305 e. The van der Waals surface area contributed by atoms with E-state index in [-0.39, 0.29) is 11.7 Å². The average Bonchev–Trinajstić information content (AvgIpc) is 2.26. The maximum absolute atomic E-state index is 11.0. The largest absolute Gasteiger partial charge is 0.512 e. The summed E-state index contributed by atoms with van der Waals surface area (Å²) in [5.41, 5.74) is 0.307. The number of hydrogen-bond donors (Lipinski definition) is 1. The molecule has 1 aliphatic rings. The zero-order valence-corrected chi connectivity index (χ0v) is 12.6. The van der Waals surface area contributed by atoms with Crippen LogP contribution in [0.4, 0.5) is 0 Å². The van der Waals surface area contributed by atoms with Gasteiger partial charge in [-0.25, -0.2) is 0 Å². The van der Waals surface area contributed by atoms with Gasteiger partial charge in [-0.1, -0.05) is 13.8 Å². The molecule has 0 heterocycles. The highest BCUT2D eigenvalue weighted by Crippen LogP contribution is 2.40. The minimum atomic E-state index is -1.15. The van der Waals surface area contributed by atoms with Crippen molar-refractivity contribution >= 4 is 11.9 Å². The van der Waals surface area contributed by atoms with Gasteiger partial charge in [-0.15, -0.1) is 0 Å². The molecule has 0 aromatic heterocycles. The lowest BCUT2D eigenvalue weighted by Gasteiger charge is -2.34. The topological polar surface area (TPSA) is 72.8 Å². The Hall–Kier alpha value is -1.52. The Kier molecular flexibility index (Phi) is 5.60. The highest BCUT2D eigenvalue weighted by atomic mass is 16.7. The van der Waals surface area contributed by atoms with Crippen LogP contribution in [0.3, 0.4) is 0 Å². The molecule has 0 bridgehead atoms. The molecule has 1 aliphatic carbocycles. The Balaban J connectivity index is 2.68. The summed E-state index contributed by atoms with van der Waals surface area (Å²) in [6, 6.07) is 0. The molecule has 0 aromatic rings. The first-order chi connectivity index (χ1) is 9.19. The summed E-state index contributed by atoms with van der Waals surface area (Å²) < 4.78 is 9.69. The summed E-state index contributed by atoms with van der Waals surface area (Å²) in [6.07, 6.45) is 3.97. The quantitative estimate of drug-likeness (QED) is 0.488. The van der Waals surface area contributed by atoms with Gasteiger partial charge in [-0.3, -0.25) is 9.59 Å². The first-order valence-corrected chi connectivity index (χ1v) is 6.95. The van der Waals surface area contributed by atoms with Crippen molar-refractivity contribution in [2.24, 2.45) is 11.3 Å². The van der Waals surface area contributed by atoms with Crippen LogP contribution in [0, 0.1) is 11.3 Å². The Morgan fingerprint density at radius 3 is 2.00 bits per heavy atom. The summed E-state index contributed by atoms with van der Waals surface area (Å²) in [5.74, 6) is -0.959. The maximum Gasteiger partial charge on any atom is 0.305 e. The van der Waals surface area contributed by atoms with E-state index < -0.39 is 18.2 Å². The summed E-state index contributed by atoms with van der Waals surface area (Å²) in [5, 5.41) is 10.1. The monoisotopic (exact) mass is 284 g/mol. The fraction of sp³-hybridized carbons (Fsp3) is 0.733. The maximum atomic E-state index is 11.0. The molecular weight excluding hydrogens is 260 g/mol. The van der Waals surface area contributed by atoms with Gasteiger partial charge in [-0.05, 0) is 31.1 Å². The lowest BCUT2D eigenvalue weighted by atomic mass is 9.72. The number of ether oxygens (including phenoxy) is 2. The molecule has 0 aliphatic heterocycles. The number of carbonyl (C=O) groups excluding carboxylic acids is 2. The molecule has 20 heavy (non-hydrogen) atoms. The molecule has 0 saturated heterocycles. The standard InChI is InChI=1S/C15H24O5/c1-10(16)19-14(20-11(2)17)9-13(18)12-5-7-15(3,4)8-6-12/h9,12,14,18H,5-8H2,1-4H3. The minimum Gasteiger partial charge on any atom is -0.512 e. The van der Waals surface area contributed by atoms with Crippen molar-refractivity contribution in [3.05, 3.63) is 11.8 Å². The molecule has 5 nitrogen and oxygen atoms in total. The number of aliphatic hydroxyl groups is 1. The van der Waals surface area contributed by atoms with E-state index in [9.17, 15) is 14.7 Å². The summed E-state index contributed by atoms with van der Waals surface area (Å²) in [7, 11) is 0. The number of carbonyl (C=O) groups is 2. The predicted octanol–water partition coefficient (Wildman–Crippen LogP) is 3.10. The van der Waals surface area contributed by atoms with Crippen LogP contribution in [0.2, 0.25) is 0 Å². The molecule has 1 saturated carbocycles. The summed E-state index contributed by atoms with van der Waals surface area (Å²) in [4.78, 5) is 21.9. The Morgan fingerprint density at radius 1 is 1.15 bits per heavy atom. The molecule has 1 rings (SSSR count). The third-order valence-electron chi connectivity index (χ3n) is 3.63. The van der Waals surface area contributed by atoms with E-state index in [1.165, 1.54) is 19.9 Å². The van der Waals surface area contributed by atoms with Crippen LogP contribution in [-0.4, -0.2) is 23.3 Å². The van der Waals surface area contributed by atoms with E-state index in [0.29, 0.717) is 5.41 Å². The van der Waals surface area contributed by atoms with Crippen LogP contribution in [0.15, 0.2) is 11.8 Å². The molecule has 0 aromatic carbocycles. The lowest BCUT2D eigenvalue weighted by molar-refractivity contribution is -0.176. The molecule has 114 valence electrons. The van der Waals surface area contributed by atoms with Gasteiger partial charge < -0.3 is 14.6 Å². The molecule has 1 fully saturated rings. The van der Waals surface area contributed by atoms with Crippen LogP contribution in [0.1, 0.15) is 53.4 Å². The van der Waals surface area contributed by atoms with Crippen LogP contribution >= 0.6 is 0 Å². The van der Waals surface area contributed by atoms with Gasteiger partial charge in [0.25, 0.3) is 6.29 Å². The Bertz CT molecular complexity index is 371. The Labute approximate surface area is 119 Å². The van der Waals surface area contributed by atoms with E-state index in [4.69, 9.17) is 9.47 Å². The number of rotatable bonds is 4. The fourth-order valence-corrected chi connectivity index (χ4v) is 2.39. The lowest BCUT2D eigenvalue weighted by Crippen LogP contribution is -2.25. The molecule has 0 amide bonds. The third-order valence-corrected chi connectivity index (χ3v) is 3.63. The summed E-state index contributed by atoms with van der Waals surface area (Å²) in [6.45, 7) is 6.88. The number of esters is 2. The molecule has 1 N–H and O–H groups in total. The SMILES string of the molecule is CC(=O)OC(C=C(O)C1CCC(C)(C)CC1)OC(C)=O. The van der Waals surface area contributed by atoms with Gasteiger partial charge >= 0.3 is 11.9 Å². The molecular formula is C15H24O5.